The van der Waals surface area contributed by atoms with E-state index in [1.165, 1.54) is 5.56 Å². The first kappa shape index (κ1) is 15.1. The number of rotatable bonds is 8. The smallest absolute Gasteiger partial charge is 0.161 e. The zero-order valence-corrected chi connectivity index (χ0v) is 12.2. The fourth-order valence-corrected chi connectivity index (χ4v) is 2.09. The number of hydrogen-bond donors (Lipinski definition) is 0. The van der Waals surface area contributed by atoms with Gasteiger partial charge < -0.3 is 9.47 Å². The van der Waals surface area contributed by atoms with Crippen LogP contribution in [-0.2, 0) is 6.42 Å². The van der Waals surface area contributed by atoms with E-state index in [4.69, 9.17) is 9.47 Å². The molecular weight excluding hydrogens is 264 g/mol. The SMILES string of the molecule is CCOc1cc(C=O)ccc1OCCCc1ccccc1. The average molecular weight is 284 g/mol. The minimum Gasteiger partial charge on any atom is -0.490 e. The molecule has 0 bridgehead atoms. The highest BCUT2D eigenvalue weighted by Gasteiger charge is 2.06. The van der Waals surface area contributed by atoms with Gasteiger partial charge in [0.05, 0.1) is 13.2 Å². The minimum atomic E-state index is 0.544. The van der Waals surface area contributed by atoms with Crippen LogP contribution < -0.4 is 9.47 Å². The molecule has 0 atom stereocenters. The van der Waals surface area contributed by atoms with Crippen LogP contribution in [0.15, 0.2) is 48.5 Å². The molecule has 110 valence electrons. The van der Waals surface area contributed by atoms with E-state index < -0.39 is 0 Å². The van der Waals surface area contributed by atoms with Crippen molar-refractivity contribution in [2.24, 2.45) is 0 Å². The van der Waals surface area contributed by atoms with Gasteiger partial charge in [0.1, 0.15) is 6.29 Å². The maximum atomic E-state index is 10.8. The average Bonchev–Trinajstić information content (AvgIpc) is 2.54. The Balaban J connectivity index is 1.88. The topological polar surface area (TPSA) is 35.5 Å². The molecule has 0 amide bonds. The third-order valence-electron chi connectivity index (χ3n) is 3.11. The lowest BCUT2D eigenvalue weighted by atomic mass is 10.1. The van der Waals surface area contributed by atoms with Crippen molar-refractivity contribution in [2.45, 2.75) is 19.8 Å². The number of carbonyl (C=O) groups excluding carboxylic acids is 1. The summed E-state index contributed by atoms with van der Waals surface area (Å²) in [5.74, 6) is 1.32. The standard InChI is InChI=1S/C18H20O3/c1-2-20-18-13-16(14-19)10-11-17(18)21-12-6-9-15-7-4-3-5-8-15/h3-5,7-8,10-11,13-14H,2,6,9,12H2,1H3. The largest absolute Gasteiger partial charge is 0.490 e. The maximum Gasteiger partial charge on any atom is 0.161 e. The summed E-state index contributed by atoms with van der Waals surface area (Å²) in [5.41, 5.74) is 1.90. The highest BCUT2D eigenvalue weighted by atomic mass is 16.5. The molecule has 0 saturated carbocycles. The second-order valence-corrected chi connectivity index (χ2v) is 4.69. The molecule has 0 aliphatic rings. The van der Waals surface area contributed by atoms with Crippen molar-refractivity contribution >= 4 is 6.29 Å². The van der Waals surface area contributed by atoms with Gasteiger partial charge in [-0.3, -0.25) is 4.79 Å². The van der Waals surface area contributed by atoms with Gasteiger partial charge in [0.15, 0.2) is 11.5 Å². The summed E-state index contributed by atoms with van der Waals surface area (Å²) in [7, 11) is 0. The molecule has 0 saturated heterocycles. The number of hydrogen-bond acceptors (Lipinski definition) is 3. The van der Waals surface area contributed by atoms with Gasteiger partial charge in [0, 0.05) is 5.56 Å². The summed E-state index contributed by atoms with van der Waals surface area (Å²) in [4.78, 5) is 10.8. The Labute approximate surface area is 125 Å². The van der Waals surface area contributed by atoms with Crippen LogP contribution in [0.2, 0.25) is 0 Å². The van der Waals surface area contributed by atoms with Crippen molar-refractivity contribution in [3.8, 4) is 11.5 Å². The Morgan fingerprint density at radius 3 is 2.52 bits per heavy atom. The molecule has 21 heavy (non-hydrogen) atoms. The minimum absolute atomic E-state index is 0.544. The third kappa shape index (κ3) is 4.63. The molecule has 0 heterocycles. The molecule has 3 nitrogen and oxygen atoms in total. The molecule has 2 aromatic rings. The fraction of sp³-hybridized carbons (Fsp3) is 0.278. The molecule has 0 fully saturated rings. The van der Waals surface area contributed by atoms with Crippen molar-refractivity contribution in [2.75, 3.05) is 13.2 Å². The molecule has 2 rings (SSSR count). The molecule has 0 N–H and O–H groups in total. The summed E-state index contributed by atoms with van der Waals surface area (Å²) < 4.78 is 11.3. The lowest BCUT2D eigenvalue weighted by Crippen LogP contribution is -2.02. The first-order chi connectivity index (χ1) is 10.3. The Morgan fingerprint density at radius 1 is 1.00 bits per heavy atom. The van der Waals surface area contributed by atoms with E-state index in [1.54, 1.807) is 18.2 Å². The van der Waals surface area contributed by atoms with E-state index in [9.17, 15) is 4.79 Å². The third-order valence-corrected chi connectivity index (χ3v) is 3.11. The van der Waals surface area contributed by atoms with Crippen molar-refractivity contribution in [1.29, 1.82) is 0 Å². The molecule has 0 aliphatic carbocycles. The van der Waals surface area contributed by atoms with Crippen molar-refractivity contribution in [1.82, 2.24) is 0 Å². The molecule has 0 aliphatic heterocycles. The van der Waals surface area contributed by atoms with Gasteiger partial charge in [-0.25, -0.2) is 0 Å². The number of ether oxygens (including phenoxy) is 2. The Bertz CT molecular complexity index is 564. The maximum absolute atomic E-state index is 10.8. The van der Waals surface area contributed by atoms with Crippen LogP contribution in [0.3, 0.4) is 0 Å². The second-order valence-electron chi connectivity index (χ2n) is 4.69. The van der Waals surface area contributed by atoms with Crippen LogP contribution in [0.5, 0.6) is 11.5 Å². The van der Waals surface area contributed by atoms with Crippen molar-refractivity contribution in [3.63, 3.8) is 0 Å². The van der Waals surface area contributed by atoms with E-state index in [1.807, 2.05) is 25.1 Å². The fourth-order valence-electron chi connectivity index (χ4n) is 2.09. The zero-order chi connectivity index (χ0) is 14.9. The molecular formula is C18H20O3. The van der Waals surface area contributed by atoms with Crippen molar-refractivity contribution in [3.05, 3.63) is 59.7 Å². The number of benzene rings is 2. The quantitative estimate of drug-likeness (QED) is 0.544. The number of carbonyl (C=O) groups is 1. The van der Waals surface area contributed by atoms with Crippen molar-refractivity contribution < 1.29 is 14.3 Å². The summed E-state index contributed by atoms with van der Waals surface area (Å²) in [6.07, 6.45) is 2.73. The lowest BCUT2D eigenvalue weighted by Gasteiger charge is -2.12. The van der Waals surface area contributed by atoms with Gasteiger partial charge in [-0.1, -0.05) is 30.3 Å². The van der Waals surface area contributed by atoms with Crippen LogP contribution in [0.4, 0.5) is 0 Å². The zero-order valence-electron chi connectivity index (χ0n) is 12.2. The lowest BCUT2D eigenvalue weighted by molar-refractivity contribution is 0.112. The molecule has 0 aromatic heterocycles. The van der Waals surface area contributed by atoms with Gasteiger partial charge in [-0.2, -0.15) is 0 Å². The van der Waals surface area contributed by atoms with E-state index in [0.29, 0.717) is 30.3 Å². The summed E-state index contributed by atoms with van der Waals surface area (Å²) in [6, 6.07) is 15.6. The van der Waals surface area contributed by atoms with Gasteiger partial charge in [0.25, 0.3) is 0 Å². The highest BCUT2D eigenvalue weighted by molar-refractivity contribution is 5.76. The monoisotopic (exact) mass is 284 g/mol. The number of aryl methyl sites for hydroxylation is 1. The van der Waals surface area contributed by atoms with E-state index in [2.05, 4.69) is 12.1 Å². The highest BCUT2D eigenvalue weighted by Crippen LogP contribution is 2.28. The first-order valence-electron chi connectivity index (χ1n) is 7.22. The predicted octanol–water partition coefficient (Wildman–Crippen LogP) is 3.91. The summed E-state index contributed by atoms with van der Waals surface area (Å²) >= 11 is 0. The molecule has 0 spiro atoms. The first-order valence-corrected chi connectivity index (χ1v) is 7.22. The predicted molar refractivity (Wildman–Crippen MR) is 83.3 cm³/mol. The van der Waals surface area contributed by atoms with Crippen LogP contribution in [0.1, 0.15) is 29.3 Å². The van der Waals surface area contributed by atoms with E-state index >= 15 is 0 Å². The number of aldehydes is 1. The molecule has 0 unspecified atom stereocenters. The summed E-state index contributed by atoms with van der Waals surface area (Å²) in [6.45, 7) is 3.07. The normalized spacial score (nSPS) is 10.1. The Kier molecular flexibility index (Phi) is 5.83. The van der Waals surface area contributed by atoms with Gasteiger partial charge >= 0.3 is 0 Å². The molecule has 3 heteroatoms. The van der Waals surface area contributed by atoms with Gasteiger partial charge in [-0.05, 0) is 43.5 Å². The van der Waals surface area contributed by atoms with Crippen LogP contribution >= 0.6 is 0 Å². The Morgan fingerprint density at radius 2 is 1.81 bits per heavy atom. The van der Waals surface area contributed by atoms with Gasteiger partial charge in [0.2, 0.25) is 0 Å². The summed E-state index contributed by atoms with van der Waals surface area (Å²) in [5, 5.41) is 0. The van der Waals surface area contributed by atoms with Crippen LogP contribution in [0.25, 0.3) is 0 Å². The van der Waals surface area contributed by atoms with Crippen LogP contribution in [0, 0.1) is 0 Å². The van der Waals surface area contributed by atoms with Crippen LogP contribution in [-0.4, -0.2) is 19.5 Å². The van der Waals surface area contributed by atoms with Gasteiger partial charge in [-0.15, -0.1) is 0 Å². The molecule has 0 radical (unpaired) electrons. The Hall–Kier alpha value is -2.29. The second kappa shape index (κ2) is 8.10. The molecule has 2 aromatic carbocycles. The van der Waals surface area contributed by atoms with E-state index in [-0.39, 0.29) is 0 Å². The van der Waals surface area contributed by atoms with E-state index in [0.717, 1.165) is 19.1 Å².